The van der Waals surface area contributed by atoms with Crippen molar-refractivity contribution in [2.24, 2.45) is 0 Å². The van der Waals surface area contributed by atoms with Crippen LogP contribution in [0.4, 0.5) is 14.5 Å². The van der Waals surface area contributed by atoms with Crippen molar-refractivity contribution < 1.29 is 18.3 Å². The molecule has 23 heavy (non-hydrogen) atoms. The average Bonchev–Trinajstić information content (AvgIpc) is 2.51. The van der Waals surface area contributed by atoms with E-state index in [4.69, 9.17) is 21.6 Å². The van der Waals surface area contributed by atoms with Crippen LogP contribution in [0.5, 0.6) is 5.75 Å². The first-order valence-corrected chi connectivity index (χ1v) is 6.90. The fourth-order valence-corrected chi connectivity index (χ4v) is 1.96. The highest BCUT2D eigenvalue weighted by Gasteiger charge is 2.16. The summed E-state index contributed by atoms with van der Waals surface area (Å²) in [6.07, 6.45) is -0.950. The van der Waals surface area contributed by atoms with E-state index in [-0.39, 0.29) is 16.3 Å². The van der Waals surface area contributed by atoms with E-state index in [2.05, 4.69) is 5.32 Å². The predicted molar refractivity (Wildman–Crippen MR) is 81.2 cm³/mol. The first-order chi connectivity index (χ1) is 10.9. The number of benzene rings is 2. The van der Waals surface area contributed by atoms with Crippen LogP contribution in [-0.4, -0.2) is 12.0 Å². The maximum absolute atomic E-state index is 13.1. The van der Waals surface area contributed by atoms with Gasteiger partial charge in [0.2, 0.25) is 0 Å². The summed E-state index contributed by atoms with van der Waals surface area (Å²) in [6.45, 7) is 1.46. The summed E-state index contributed by atoms with van der Waals surface area (Å²) >= 11 is 5.87. The predicted octanol–water partition coefficient (Wildman–Crippen LogP) is 3.90. The summed E-state index contributed by atoms with van der Waals surface area (Å²) in [6, 6.07) is 9.32. The van der Waals surface area contributed by atoms with Gasteiger partial charge < -0.3 is 10.1 Å². The number of amides is 1. The molecule has 0 aliphatic rings. The van der Waals surface area contributed by atoms with Gasteiger partial charge in [0.15, 0.2) is 17.7 Å². The van der Waals surface area contributed by atoms with E-state index in [1.165, 1.54) is 31.2 Å². The Bertz CT molecular complexity index is 790. The normalized spacial score (nSPS) is 11.4. The van der Waals surface area contributed by atoms with Crippen molar-refractivity contribution in [1.82, 2.24) is 0 Å². The quantitative estimate of drug-likeness (QED) is 0.921. The molecule has 2 rings (SSSR count). The van der Waals surface area contributed by atoms with Crippen LogP contribution in [0.15, 0.2) is 36.4 Å². The van der Waals surface area contributed by atoms with Crippen molar-refractivity contribution in [3.05, 3.63) is 58.6 Å². The number of carbonyl (C=O) groups excluding carboxylic acids is 1. The zero-order chi connectivity index (χ0) is 17.0. The summed E-state index contributed by atoms with van der Waals surface area (Å²) in [5.74, 6) is -2.53. The van der Waals surface area contributed by atoms with Gasteiger partial charge in [-0.05, 0) is 37.3 Å². The smallest absolute Gasteiger partial charge is 0.265 e. The Morgan fingerprint density at radius 2 is 2.00 bits per heavy atom. The minimum Gasteiger partial charge on any atom is -0.481 e. The summed E-state index contributed by atoms with van der Waals surface area (Å²) in [7, 11) is 0. The number of rotatable bonds is 4. The van der Waals surface area contributed by atoms with Gasteiger partial charge in [-0.15, -0.1) is 0 Å². The van der Waals surface area contributed by atoms with E-state index in [9.17, 15) is 13.6 Å². The molecular formula is C16H11ClF2N2O2. The second-order valence-corrected chi connectivity index (χ2v) is 5.04. The number of carbonyl (C=O) groups is 1. The fourth-order valence-electron chi connectivity index (χ4n) is 1.74. The number of anilines is 1. The molecule has 1 amide bonds. The molecule has 0 aliphatic heterocycles. The fraction of sp³-hybridized carbons (Fsp3) is 0.125. The Morgan fingerprint density at radius 3 is 2.61 bits per heavy atom. The molecule has 118 valence electrons. The molecule has 0 fully saturated rings. The number of halogens is 3. The Hall–Kier alpha value is -2.65. The lowest BCUT2D eigenvalue weighted by molar-refractivity contribution is -0.122. The third-order valence-electron chi connectivity index (χ3n) is 2.93. The minimum absolute atomic E-state index is 0.0319. The van der Waals surface area contributed by atoms with Crippen LogP contribution < -0.4 is 10.1 Å². The van der Waals surface area contributed by atoms with E-state index < -0.39 is 23.6 Å². The van der Waals surface area contributed by atoms with Gasteiger partial charge >= 0.3 is 0 Å². The van der Waals surface area contributed by atoms with Gasteiger partial charge in [0.1, 0.15) is 11.8 Å². The van der Waals surface area contributed by atoms with Crippen LogP contribution >= 0.6 is 11.6 Å². The third-order valence-corrected chi connectivity index (χ3v) is 3.24. The van der Waals surface area contributed by atoms with Gasteiger partial charge in [-0.25, -0.2) is 8.78 Å². The molecule has 0 aliphatic carbocycles. The summed E-state index contributed by atoms with van der Waals surface area (Å²) < 4.78 is 31.2. The number of nitrogens with zero attached hydrogens (tertiary/aromatic N) is 1. The van der Waals surface area contributed by atoms with Crippen molar-refractivity contribution >= 4 is 23.2 Å². The Morgan fingerprint density at radius 1 is 1.26 bits per heavy atom. The first kappa shape index (κ1) is 16.7. The molecule has 7 heteroatoms. The lowest BCUT2D eigenvalue weighted by Gasteiger charge is -2.15. The third kappa shape index (κ3) is 4.18. The van der Waals surface area contributed by atoms with E-state index in [1.54, 1.807) is 0 Å². The summed E-state index contributed by atoms with van der Waals surface area (Å²) in [4.78, 5) is 12.0. The molecule has 0 aromatic heterocycles. The Kier molecular flexibility index (Phi) is 5.14. The van der Waals surface area contributed by atoms with Gasteiger partial charge in [0.25, 0.3) is 5.91 Å². The average molecular weight is 337 g/mol. The van der Waals surface area contributed by atoms with E-state index >= 15 is 0 Å². The van der Waals surface area contributed by atoms with E-state index in [1.807, 2.05) is 6.07 Å². The molecule has 1 atom stereocenters. The van der Waals surface area contributed by atoms with E-state index in [0.717, 1.165) is 12.1 Å². The standard InChI is InChI=1S/C16H11ClF2N2O2/c1-9(23-12-4-5-14(18)15(19)7-12)16(22)21-11-3-2-10(8-20)13(17)6-11/h2-7,9H,1H3,(H,21,22)/t9-/m0/s1. The van der Waals surface area contributed by atoms with Crippen LogP contribution in [0.2, 0.25) is 5.02 Å². The second-order valence-electron chi connectivity index (χ2n) is 4.63. The number of nitrogens with one attached hydrogen (secondary N) is 1. The largest absolute Gasteiger partial charge is 0.481 e. The first-order valence-electron chi connectivity index (χ1n) is 6.53. The topological polar surface area (TPSA) is 62.1 Å². The van der Waals surface area contributed by atoms with Crippen molar-refractivity contribution in [3.8, 4) is 11.8 Å². The van der Waals surface area contributed by atoms with Crippen molar-refractivity contribution in [1.29, 1.82) is 5.26 Å². The molecule has 0 bridgehead atoms. The van der Waals surface area contributed by atoms with Crippen molar-refractivity contribution in [2.75, 3.05) is 5.32 Å². The second kappa shape index (κ2) is 7.07. The summed E-state index contributed by atoms with van der Waals surface area (Å²) in [5.41, 5.74) is 0.676. The number of hydrogen-bond donors (Lipinski definition) is 1. The molecule has 0 radical (unpaired) electrons. The zero-order valence-corrected chi connectivity index (χ0v) is 12.7. The van der Waals surface area contributed by atoms with Crippen LogP contribution in [0.1, 0.15) is 12.5 Å². The van der Waals surface area contributed by atoms with Crippen LogP contribution in [0.25, 0.3) is 0 Å². The zero-order valence-electron chi connectivity index (χ0n) is 11.9. The van der Waals surface area contributed by atoms with Crippen LogP contribution in [0.3, 0.4) is 0 Å². The van der Waals surface area contributed by atoms with Gasteiger partial charge in [0, 0.05) is 11.8 Å². The molecule has 2 aromatic carbocycles. The molecule has 4 nitrogen and oxygen atoms in total. The van der Waals surface area contributed by atoms with Crippen molar-refractivity contribution in [2.45, 2.75) is 13.0 Å². The number of nitriles is 1. The Labute approximate surface area is 136 Å². The van der Waals surface area contributed by atoms with Gasteiger partial charge in [0.05, 0.1) is 10.6 Å². The molecule has 0 spiro atoms. The highest BCUT2D eigenvalue weighted by molar-refractivity contribution is 6.32. The maximum Gasteiger partial charge on any atom is 0.265 e. The van der Waals surface area contributed by atoms with Gasteiger partial charge in [-0.2, -0.15) is 5.26 Å². The molecule has 0 saturated carbocycles. The minimum atomic E-state index is -1.06. The molecular weight excluding hydrogens is 326 g/mol. The number of ether oxygens (including phenoxy) is 1. The maximum atomic E-state index is 13.1. The Balaban J connectivity index is 2.03. The molecule has 0 unspecified atom stereocenters. The monoisotopic (exact) mass is 336 g/mol. The molecule has 2 aromatic rings. The van der Waals surface area contributed by atoms with Crippen molar-refractivity contribution in [3.63, 3.8) is 0 Å². The lowest BCUT2D eigenvalue weighted by atomic mass is 10.2. The highest BCUT2D eigenvalue weighted by atomic mass is 35.5. The number of hydrogen-bond acceptors (Lipinski definition) is 3. The summed E-state index contributed by atoms with van der Waals surface area (Å²) in [5, 5.41) is 11.5. The lowest BCUT2D eigenvalue weighted by Crippen LogP contribution is -2.30. The SMILES string of the molecule is C[C@H](Oc1ccc(F)c(F)c1)C(=O)Nc1ccc(C#N)c(Cl)c1. The van der Waals surface area contributed by atoms with Gasteiger partial charge in [-0.3, -0.25) is 4.79 Å². The van der Waals surface area contributed by atoms with Gasteiger partial charge in [-0.1, -0.05) is 11.6 Å². The highest BCUT2D eigenvalue weighted by Crippen LogP contribution is 2.21. The molecule has 1 N–H and O–H groups in total. The van der Waals surface area contributed by atoms with E-state index in [0.29, 0.717) is 5.69 Å². The van der Waals surface area contributed by atoms with Crippen LogP contribution in [-0.2, 0) is 4.79 Å². The van der Waals surface area contributed by atoms with Crippen LogP contribution in [0, 0.1) is 23.0 Å². The molecule has 0 saturated heterocycles. The molecule has 0 heterocycles.